The van der Waals surface area contributed by atoms with Gasteiger partial charge in [0.2, 0.25) is 5.91 Å². The zero-order valence-corrected chi connectivity index (χ0v) is 11.5. The van der Waals surface area contributed by atoms with Crippen LogP contribution in [0.3, 0.4) is 0 Å². The molecule has 0 bridgehead atoms. The van der Waals surface area contributed by atoms with Crippen molar-refractivity contribution in [2.24, 2.45) is 5.73 Å². The van der Waals surface area contributed by atoms with Crippen molar-refractivity contribution in [2.45, 2.75) is 70.4 Å². The predicted molar refractivity (Wildman–Crippen MR) is 74.2 cm³/mol. The fraction of sp³-hybridized carbons (Fsp3) is 0.800. The van der Waals surface area contributed by atoms with Gasteiger partial charge in [-0.25, -0.2) is 0 Å². The lowest BCUT2D eigenvalue weighted by molar-refractivity contribution is -0.134. The van der Waals surface area contributed by atoms with E-state index in [0.717, 1.165) is 32.2 Å². The number of hydrogen-bond donors (Lipinski definition) is 1. The van der Waals surface area contributed by atoms with Gasteiger partial charge in [-0.15, -0.1) is 0 Å². The molecule has 2 rings (SSSR count). The number of likely N-dealkylation sites (tertiary alicyclic amines) is 1. The zero-order chi connectivity index (χ0) is 13.0. The molecule has 0 aromatic rings. The second-order valence-corrected chi connectivity index (χ2v) is 5.79. The van der Waals surface area contributed by atoms with Crippen molar-refractivity contribution in [2.75, 3.05) is 6.54 Å². The lowest BCUT2D eigenvalue weighted by Crippen LogP contribution is -2.51. The van der Waals surface area contributed by atoms with E-state index in [1.54, 1.807) is 0 Å². The molecule has 0 aromatic heterocycles. The van der Waals surface area contributed by atoms with Gasteiger partial charge in [0.15, 0.2) is 0 Å². The molecule has 18 heavy (non-hydrogen) atoms. The van der Waals surface area contributed by atoms with Crippen LogP contribution >= 0.6 is 0 Å². The van der Waals surface area contributed by atoms with Crippen molar-refractivity contribution in [1.29, 1.82) is 0 Å². The van der Waals surface area contributed by atoms with Crippen molar-refractivity contribution in [3.8, 4) is 0 Å². The molecule has 1 amide bonds. The maximum Gasteiger partial charge on any atom is 0.226 e. The van der Waals surface area contributed by atoms with Crippen LogP contribution in [0.2, 0.25) is 0 Å². The highest BCUT2D eigenvalue weighted by atomic mass is 16.2. The summed E-state index contributed by atoms with van der Waals surface area (Å²) in [5.41, 5.74) is 7.37. The fourth-order valence-corrected chi connectivity index (χ4v) is 3.17. The normalized spacial score (nSPS) is 26.7. The summed E-state index contributed by atoms with van der Waals surface area (Å²) < 4.78 is 0. The van der Waals surface area contributed by atoms with Crippen LogP contribution in [-0.4, -0.2) is 29.4 Å². The molecule has 3 nitrogen and oxygen atoms in total. The average molecular weight is 250 g/mol. The molecule has 0 saturated carbocycles. The summed E-state index contributed by atoms with van der Waals surface area (Å²) in [5.74, 6) is 0.296. The summed E-state index contributed by atoms with van der Waals surface area (Å²) in [4.78, 5) is 14.5. The van der Waals surface area contributed by atoms with Crippen molar-refractivity contribution >= 4 is 5.91 Å². The first-order valence-corrected chi connectivity index (χ1v) is 7.41. The molecule has 0 spiro atoms. The minimum Gasteiger partial charge on any atom is -0.338 e. The first-order valence-electron chi connectivity index (χ1n) is 7.41. The number of allylic oxidation sites excluding steroid dienone is 1. The molecule has 2 aliphatic rings. The second kappa shape index (κ2) is 6.37. The standard InChI is InChI=1S/C15H26N2O/c1-12(16)14-9-5-6-10-17(14)15(18)11-13-7-3-2-4-8-13/h7,12,14H,2-6,8-11,16H2,1H3. The van der Waals surface area contributed by atoms with Gasteiger partial charge in [-0.05, 0) is 51.9 Å². The Hall–Kier alpha value is -0.830. The molecule has 2 N–H and O–H groups in total. The van der Waals surface area contributed by atoms with Crippen LogP contribution in [0.4, 0.5) is 0 Å². The Morgan fingerprint density at radius 1 is 1.44 bits per heavy atom. The Morgan fingerprint density at radius 3 is 2.94 bits per heavy atom. The Morgan fingerprint density at radius 2 is 2.28 bits per heavy atom. The molecule has 1 fully saturated rings. The largest absolute Gasteiger partial charge is 0.338 e. The number of carbonyl (C=O) groups excluding carboxylic acids is 1. The average Bonchev–Trinajstić information content (AvgIpc) is 2.40. The number of amides is 1. The molecule has 1 heterocycles. The van der Waals surface area contributed by atoms with Crippen LogP contribution in [0, 0.1) is 0 Å². The fourth-order valence-electron chi connectivity index (χ4n) is 3.17. The lowest BCUT2D eigenvalue weighted by atomic mass is 9.93. The Labute approximate surface area is 110 Å². The maximum atomic E-state index is 12.4. The third-order valence-electron chi connectivity index (χ3n) is 4.24. The highest BCUT2D eigenvalue weighted by molar-refractivity contribution is 5.79. The van der Waals surface area contributed by atoms with Gasteiger partial charge in [0.1, 0.15) is 0 Å². The van der Waals surface area contributed by atoms with E-state index in [1.165, 1.54) is 24.8 Å². The van der Waals surface area contributed by atoms with Crippen molar-refractivity contribution in [3.63, 3.8) is 0 Å². The van der Waals surface area contributed by atoms with Crippen molar-refractivity contribution < 1.29 is 4.79 Å². The Kier molecular flexibility index (Phi) is 4.81. The first kappa shape index (κ1) is 13.6. The van der Waals surface area contributed by atoms with E-state index < -0.39 is 0 Å². The van der Waals surface area contributed by atoms with E-state index >= 15 is 0 Å². The molecule has 102 valence electrons. The summed E-state index contributed by atoms with van der Waals surface area (Å²) in [6, 6.07) is 0.352. The molecule has 0 radical (unpaired) electrons. The van der Waals surface area contributed by atoms with Gasteiger partial charge in [-0.3, -0.25) is 4.79 Å². The van der Waals surface area contributed by atoms with Gasteiger partial charge in [0, 0.05) is 25.0 Å². The lowest BCUT2D eigenvalue weighted by Gasteiger charge is -2.38. The second-order valence-electron chi connectivity index (χ2n) is 5.79. The van der Waals surface area contributed by atoms with Gasteiger partial charge < -0.3 is 10.6 Å². The zero-order valence-electron chi connectivity index (χ0n) is 11.5. The number of nitrogens with two attached hydrogens (primary N) is 1. The summed E-state index contributed by atoms with van der Waals surface area (Å²) in [6.45, 7) is 2.93. The van der Waals surface area contributed by atoms with Crippen LogP contribution in [0.25, 0.3) is 0 Å². The molecular weight excluding hydrogens is 224 g/mol. The predicted octanol–water partition coefficient (Wildman–Crippen LogP) is 2.61. The van der Waals surface area contributed by atoms with E-state index in [2.05, 4.69) is 6.08 Å². The number of rotatable bonds is 3. The van der Waals surface area contributed by atoms with E-state index in [4.69, 9.17) is 5.73 Å². The van der Waals surface area contributed by atoms with Gasteiger partial charge in [0.05, 0.1) is 0 Å². The third kappa shape index (κ3) is 3.35. The Bertz CT molecular complexity index is 322. The SMILES string of the molecule is CC(N)C1CCCCN1C(=O)CC1=CCCCC1. The minimum atomic E-state index is 0.0922. The molecule has 3 heteroatoms. The van der Waals surface area contributed by atoms with Gasteiger partial charge in [0.25, 0.3) is 0 Å². The topological polar surface area (TPSA) is 46.3 Å². The van der Waals surface area contributed by atoms with Crippen LogP contribution in [0.1, 0.15) is 58.3 Å². The molecule has 2 atom stereocenters. The summed E-state index contributed by atoms with van der Waals surface area (Å²) in [7, 11) is 0. The van der Waals surface area contributed by atoms with Crippen molar-refractivity contribution in [3.05, 3.63) is 11.6 Å². The molecular formula is C15H26N2O. The molecule has 1 aliphatic heterocycles. The molecule has 0 aromatic carbocycles. The molecule has 1 saturated heterocycles. The van der Waals surface area contributed by atoms with Gasteiger partial charge >= 0.3 is 0 Å². The minimum absolute atomic E-state index is 0.0922. The van der Waals surface area contributed by atoms with Gasteiger partial charge in [-0.2, -0.15) is 0 Å². The third-order valence-corrected chi connectivity index (χ3v) is 4.24. The van der Waals surface area contributed by atoms with E-state index in [0.29, 0.717) is 12.3 Å². The number of hydrogen-bond acceptors (Lipinski definition) is 2. The summed E-state index contributed by atoms with van der Waals surface area (Å²) >= 11 is 0. The van der Waals surface area contributed by atoms with Crippen LogP contribution in [0.15, 0.2) is 11.6 Å². The van der Waals surface area contributed by atoms with Crippen LogP contribution in [-0.2, 0) is 4.79 Å². The van der Waals surface area contributed by atoms with Crippen molar-refractivity contribution in [1.82, 2.24) is 4.90 Å². The number of nitrogens with zero attached hydrogens (tertiary/aromatic N) is 1. The van der Waals surface area contributed by atoms with Crippen LogP contribution < -0.4 is 5.73 Å². The summed E-state index contributed by atoms with van der Waals surface area (Å²) in [6.07, 6.45) is 11.1. The Balaban J connectivity index is 1.95. The number of piperidine rings is 1. The quantitative estimate of drug-likeness (QED) is 0.783. The molecule has 2 unspecified atom stereocenters. The monoisotopic (exact) mass is 250 g/mol. The maximum absolute atomic E-state index is 12.4. The highest BCUT2D eigenvalue weighted by Gasteiger charge is 2.29. The molecule has 1 aliphatic carbocycles. The van der Waals surface area contributed by atoms with E-state index in [9.17, 15) is 4.79 Å². The van der Waals surface area contributed by atoms with Crippen LogP contribution in [0.5, 0.6) is 0 Å². The number of carbonyl (C=O) groups is 1. The summed E-state index contributed by atoms with van der Waals surface area (Å²) in [5, 5.41) is 0. The van der Waals surface area contributed by atoms with Gasteiger partial charge in [-0.1, -0.05) is 11.6 Å². The van der Waals surface area contributed by atoms with E-state index in [-0.39, 0.29) is 12.1 Å². The smallest absolute Gasteiger partial charge is 0.226 e. The highest BCUT2D eigenvalue weighted by Crippen LogP contribution is 2.24. The first-order chi connectivity index (χ1) is 8.68. The van der Waals surface area contributed by atoms with E-state index in [1.807, 2.05) is 11.8 Å².